The van der Waals surface area contributed by atoms with Gasteiger partial charge in [-0.05, 0) is 26.3 Å². The normalized spacial score (nSPS) is 22.9. The van der Waals surface area contributed by atoms with Gasteiger partial charge in [-0.2, -0.15) is 0 Å². The van der Waals surface area contributed by atoms with Crippen molar-refractivity contribution in [2.45, 2.75) is 44.9 Å². The topological polar surface area (TPSA) is 48.1 Å². The van der Waals surface area contributed by atoms with Crippen molar-refractivity contribution in [1.82, 2.24) is 0 Å². The molecule has 2 aromatic carbocycles. The smallest absolute Gasteiger partial charge is 0.349 e. The first-order valence-corrected chi connectivity index (χ1v) is 8.04. The molecule has 0 aromatic heterocycles. The van der Waals surface area contributed by atoms with Gasteiger partial charge in [0.15, 0.2) is 0 Å². The molecule has 2 atom stereocenters. The van der Waals surface area contributed by atoms with Crippen molar-refractivity contribution in [2.24, 2.45) is 0 Å². The zero-order chi connectivity index (χ0) is 17.2. The molecule has 3 rings (SSSR count). The molecule has 126 valence electrons. The van der Waals surface area contributed by atoms with Crippen LogP contribution < -0.4 is 0 Å². The van der Waals surface area contributed by atoms with Crippen LogP contribution >= 0.6 is 0 Å². The molecule has 0 amide bonds. The molecule has 2 aromatic rings. The molecule has 4 nitrogen and oxygen atoms in total. The van der Waals surface area contributed by atoms with Crippen molar-refractivity contribution in [3.8, 4) is 0 Å². The minimum absolute atomic E-state index is 0.378. The van der Waals surface area contributed by atoms with Crippen LogP contribution in [0.15, 0.2) is 60.7 Å². The predicted molar refractivity (Wildman–Crippen MR) is 90.1 cm³/mol. The zero-order valence-corrected chi connectivity index (χ0v) is 14.2. The van der Waals surface area contributed by atoms with E-state index in [1.165, 1.54) is 0 Å². The van der Waals surface area contributed by atoms with E-state index in [9.17, 15) is 4.79 Å². The Kier molecular flexibility index (Phi) is 4.43. The Balaban J connectivity index is 1.77. The molecule has 1 fully saturated rings. The Morgan fingerprint density at radius 3 is 2.21 bits per heavy atom. The Bertz CT molecular complexity index is 691. The van der Waals surface area contributed by atoms with Crippen molar-refractivity contribution >= 4 is 5.97 Å². The molecule has 4 heteroatoms. The lowest BCUT2D eigenvalue weighted by Gasteiger charge is -2.22. The summed E-state index contributed by atoms with van der Waals surface area (Å²) < 4.78 is 17.1. The Morgan fingerprint density at radius 1 is 1.04 bits per heavy atom. The van der Waals surface area contributed by atoms with Crippen LogP contribution in [0.3, 0.4) is 0 Å². The Hall–Kier alpha value is -2.17. The van der Waals surface area contributed by atoms with Crippen molar-refractivity contribution in [3.63, 3.8) is 0 Å². The number of epoxide rings is 1. The molecule has 0 radical (unpaired) electrons. The van der Waals surface area contributed by atoms with Crippen LogP contribution in [0.5, 0.6) is 0 Å². The van der Waals surface area contributed by atoms with Gasteiger partial charge in [0.1, 0.15) is 5.60 Å². The monoisotopic (exact) mass is 326 g/mol. The van der Waals surface area contributed by atoms with Crippen LogP contribution in [-0.4, -0.2) is 17.9 Å². The van der Waals surface area contributed by atoms with Gasteiger partial charge in [-0.15, -0.1) is 0 Å². The van der Waals surface area contributed by atoms with Gasteiger partial charge in [-0.3, -0.25) is 0 Å². The van der Waals surface area contributed by atoms with E-state index in [0.717, 1.165) is 11.1 Å². The predicted octanol–water partition coefficient (Wildman–Crippen LogP) is 3.80. The molecule has 0 spiro atoms. The number of carbonyl (C=O) groups excluding carboxylic acids is 1. The van der Waals surface area contributed by atoms with E-state index < -0.39 is 23.5 Å². The van der Waals surface area contributed by atoms with Crippen LogP contribution in [-0.2, 0) is 31.2 Å². The quantitative estimate of drug-likeness (QED) is 0.619. The standard InChI is InChI=1S/C20H22O4/c1-19(2,3)23-17(21)20(16-12-8-5-9-13-16)18(24-20)22-14-15-10-6-4-7-11-15/h4-13,18H,14H2,1-3H3. The molecular formula is C20H22O4. The number of esters is 1. The summed E-state index contributed by atoms with van der Waals surface area (Å²) in [6.45, 7) is 5.90. The molecule has 24 heavy (non-hydrogen) atoms. The van der Waals surface area contributed by atoms with Crippen molar-refractivity contribution < 1.29 is 19.0 Å². The summed E-state index contributed by atoms with van der Waals surface area (Å²) in [4.78, 5) is 12.7. The molecule has 0 bridgehead atoms. The summed E-state index contributed by atoms with van der Waals surface area (Å²) in [7, 11) is 0. The molecule has 2 unspecified atom stereocenters. The van der Waals surface area contributed by atoms with E-state index in [0.29, 0.717) is 6.61 Å². The maximum Gasteiger partial charge on any atom is 0.349 e. The Labute approximate surface area is 142 Å². The van der Waals surface area contributed by atoms with E-state index >= 15 is 0 Å². The van der Waals surface area contributed by atoms with Gasteiger partial charge in [0.05, 0.1) is 6.61 Å². The van der Waals surface area contributed by atoms with Crippen molar-refractivity contribution in [1.29, 1.82) is 0 Å². The summed E-state index contributed by atoms with van der Waals surface area (Å²) >= 11 is 0. The first kappa shape index (κ1) is 16.7. The van der Waals surface area contributed by atoms with Crippen LogP contribution in [0.25, 0.3) is 0 Å². The first-order chi connectivity index (χ1) is 11.4. The largest absolute Gasteiger partial charge is 0.457 e. The lowest BCUT2D eigenvalue weighted by molar-refractivity contribution is -0.162. The second kappa shape index (κ2) is 6.38. The number of rotatable bonds is 5. The Morgan fingerprint density at radius 2 is 1.62 bits per heavy atom. The summed E-state index contributed by atoms with van der Waals surface area (Å²) in [5, 5.41) is 0. The third-order valence-corrected chi connectivity index (χ3v) is 3.72. The number of hydrogen-bond donors (Lipinski definition) is 0. The van der Waals surface area contributed by atoms with Gasteiger partial charge in [0.25, 0.3) is 0 Å². The second-order valence-electron chi connectivity index (χ2n) is 6.85. The fourth-order valence-corrected chi connectivity index (χ4v) is 2.54. The summed E-state index contributed by atoms with van der Waals surface area (Å²) in [5.74, 6) is -0.417. The maximum atomic E-state index is 12.7. The number of benzene rings is 2. The third kappa shape index (κ3) is 3.50. The van der Waals surface area contributed by atoms with Crippen molar-refractivity contribution in [2.75, 3.05) is 0 Å². The summed E-state index contributed by atoms with van der Waals surface area (Å²) in [6, 6.07) is 19.1. The average molecular weight is 326 g/mol. The van der Waals surface area contributed by atoms with Gasteiger partial charge >= 0.3 is 5.97 Å². The molecule has 1 saturated heterocycles. The lowest BCUT2D eigenvalue weighted by atomic mass is 9.98. The van der Waals surface area contributed by atoms with Gasteiger partial charge in [-0.1, -0.05) is 60.7 Å². The average Bonchev–Trinajstić information content (AvgIpc) is 3.29. The van der Waals surface area contributed by atoms with Gasteiger partial charge in [0.2, 0.25) is 11.9 Å². The fourth-order valence-electron chi connectivity index (χ4n) is 2.54. The maximum absolute atomic E-state index is 12.7. The molecule has 1 heterocycles. The highest BCUT2D eigenvalue weighted by atomic mass is 16.8. The van der Waals surface area contributed by atoms with Gasteiger partial charge in [-0.25, -0.2) is 4.79 Å². The summed E-state index contributed by atoms with van der Waals surface area (Å²) in [6.07, 6.45) is -0.644. The molecule has 0 saturated carbocycles. The second-order valence-corrected chi connectivity index (χ2v) is 6.85. The van der Waals surface area contributed by atoms with Gasteiger partial charge in [0, 0.05) is 5.56 Å². The third-order valence-electron chi connectivity index (χ3n) is 3.72. The van der Waals surface area contributed by atoms with Crippen molar-refractivity contribution in [3.05, 3.63) is 71.8 Å². The van der Waals surface area contributed by atoms with E-state index in [1.54, 1.807) is 0 Å². The first-order valence-electron chi connectivity index (χ1n) is 8.04. The van der Waals surface area contributed by atoms with Crippen LogP contribution in [0.1, 0.15) is 31.9 Å². The van der Waals surface area contributed by atoms with E-state index in [1.807, 2.05) is 81.4 Å². The van der Waals surface area contributed by atoms with Gasteiger partial charge < -0.3 is 14.2 Å². The number of ether oxygens (including phenoxy) is 3. The highest BCUT2D eigenvalue weighted by Crippen LogP contribution is 2.49. The minimum Gasteiger partial charge on any atom is -0.457 e. The molecule has 1 aliphatic rings. The molecule has 0 aliphatic carbocycles. The zero-order valence-electron chi connectivity index (χ0n) is 14.2. The van der Waals surface area contributed by atoms with E-state index in [4.69, 9.17) is 14.2 Å². The van der Waals surface area contributed by atoms with E-state index in [-0.39, 0.29) is 0 Å². The number of hydrogen-bond acceptors (Lipinski definition) is 4. The lowest BCUT2D eigenvalue weighted by Crippen LogP contribution is -2.34. The van der Waals surface area contributed by atoms with E-state index in [2.05, 4.69) is 0 Å². The van der Waals surface area contributed by atoms with Crippen LogP contribution in [0, 0.1) is 0 Å². The molecule has 0 N–H and O–H groups in total. The fraction of sp³-hybridized carbons (Fsp3) is 0.350. The van der Waals surface area contributed by atoms with Crippen LogP contribution in [0.4, 0.5) is 0 Å². The summed E-state index contributed by atoms with van der Waals surface area (Å²) in [5.41, 5.74) is 0.00874. The number of carbonyl (C=O) groups is 1. The SMILES string of the molecule is CC(C)(C)OC(=O)C1(c2ccccc2)OC1OCc1ccccc1. The molecular weight excluding hydrogens is 304 g/mol. The van der Waals surface area contributed by atoms with Crippen LogP contribution in [0.2, 0.25) is 0 Å². The highest BCUT2D eigenvalue weighted by Gasteiger charge is 2.67. The highest BCUT2D eigenvalue weighted by molar-refractivity contribution is 5.85. The minimum atomic E-state index is -1.18. The molecule has 1 aliphatic heterocycles.